The van der Waals surface area contributed by atoms with E-state index in [9.17, 15) is 96.7 Å². The lowest BCUT2D eigenvalue weighted by atomic mass is 9.96. The highest BCUT2D eigenvalue weighted by Gasteiger charge is 2.42. The number of ether oxygens (including phenoxy) is 1. The summed E-state index contributed by atoms with van der Waals surface area (Å²) in [6.45, 7) is 1.72. The quantitative estimate of drug-likeness (QED) is 0.0600. The normalized spacial score (nSPS) is 13.1. The zero-order valence-corrected chi connectivity index (χ0v) is 55.5. The summed E-state index contributed by atoms with van der Waals surface area (Å²) in [7, 11) is 4.95. The Kier molecular flexibility index (Phi) is 18.8. The number of alkyl halides is 3. The molecule has 16 rings (SSSR count). The number of aliphatic imine (C=N–C) groups is 4. The Labute approximate surface area is 598 Å². The van der Waals surface area contributed by atoms with Crippen molar-refractivity contribution in [1.82, 2.24) is 19.9 Å². The molecular weight excluding hydrogens is 1440 g/mol. The molecule has 0 fully saturated rings. The SMILES string of the molecule is COc1cccc(F)c1C1=NC(=O)c2c(-c3cc(N(C)C)ccc3F)[nH]c(O)c21.Cc1ccc(F)c(-c2[nH]c(O)c3c2C(=O)N=C3c2ccccc2C(F)(F)F)c1.O=C1N=C(c2c(F)cc(F)cc2F)c2c(O)[nH]c(-c3cccc(F)c3)c21.O=C1N=C(c2cccc(F)c2)c2c(O)[nH]c(-c3cc(F)cc(F)c3)c21. The van der Waals surface area contributed by atoms with Crippen LogP contribution in [0.5, 0.6) is 29.3 Å². The van der Waals surface area contributed by atoms with Crippen molar-refractivity contribution in [3.05, 3.63) is 294 Å². The Morgan fingerprint density at radius 2 is 0.787 bits per heavy atom. The van der Waals surface area contributed by atoms with E-state index in [1.54, 1.807) is 38.1 Å². The highest BCUT2D eigenvalue weighted by atomic mass is 19.4. The fourth-order valence-corrected chi connectivity index (χ4v) is 12.6. The molecule has 4 aromatic heterocycles. The van der Waals surface area contributed by atoms with E-state index < -0.39 is 122 Å². The van der Waals surface area contributed by atoms with Gasteiger partial charge in [0.15, 0.2) is 23.5 Å². The van der Waals surface area contributed by atoms with E-state index in [4.69, 9.17) is 4.74 Å². The van der Waals surface area contributed by atoms with E-state index in [0.717, 1.165) is 24.3 Å². The van der Waals surface area contributed by atoms with Crippen LogP contribution in [-0.2, 0) is 6.18 Å². The Bertz CT molecular complexity index is 5920. The van der Waals surface area contributed by atoms with Crippen molar-refractivity contribution in [3.63, 3.8) is 0 Å². The van der Waals surface area contributed by atoms with Crippen LogP contribution in [0.2, 0.25) is 0 Å². The summed E-state index contributed by atoms with van der Waals surface area (Å²) in [6, 6.07) is 31.7. The number of halogens is 13. The molecule has 31 heteroatoms. The molecule has 4 aliphatic rings. The number of aryl methyl sites for hydroxylation is 1. The van der Waals surface area contributed by atoms with Gasteiger partial charge in [0.25, 0.3) is 23.6 Å². The number of benzene rings is 8. The van der Waals surface area contributed by atoms with Crippen LogP contribution >= 0.6 is 0 Å². The monoisotopic (exact) mass is 1490 g/mol. The second-order valence-corrected chi connectivity index (χ2v) is 24.3. The minimum Gasteiger partial charge on any atom is -0.496 e. The first-order valence-corrected chi connectivity index (χ1v) is 31.5. The zero-order valence-electron chi connectivity index (χ0n) is 55.5. The van der Waals surface area contributed by atoms with Gasteiger partial charge in [-0.15, -0.1) is 0 Å². The number of aromatic nitrogens is 4. The van der Waals surface area contributed by atoms with Crippen LogP contribution in [0, 0.1) is 65.1 Å². The molecule has 0 aliphatic carbocycles. The van der Waals surface area contributed by atoms with Crippen molar-refractivity contribution >= 4 is 52.2 Å². The van der Waals surface area contributed by atoms with E-state index in [1.165, 1.54) is 110 Å². The van der Waals surface area contributed by atoms with Crippen LogP contribution in [0.4, 0.5) is 62.8 Å². The lowest BCUT2D eigenvalue weighted by molar-refractivity contribution is -0.137. The molecule has 8 N–H and O–H groups in total. The van der Waals surface area contributed by atoms with Gasteiger partial charge in [-0.2, -0.15) is 13.2 Å². The number of nitrogens with zero attached hydrogens (tertiary/aromatic N) is 5. The first-order valence-electron chi connectivity index (χ1n) is 31.5. The number of anilines is 1. The predicted molar refractivity (Wildman–Crippen MR) is 367 cm³/mol. The van der Waals surface area contributed by atoms with Crippen molar-refractivity contribution in [2.24, 2.45) is 20.0 Å². The van der Waals surface area contributed by atoms with E-state index in [1.807, 2.05) is 0 Å². The first-order chi connectivity index (χ1) is 51.3. The summed E-state index contributed by atoms with van der Waals surface area (Å²) in [5, 5.41) is 41.2. The molecule has 12 aromatic rings. The van der Waals surface area contributed by atoms with Gasteiger partial charge in [0.1, 0.15) is 63.9 Å². The number of aromatic amines is 4. The predicted octanol–water partition coefficient (Wildman–Crippen LogP) is 16.3. The number of hydrogen-bond acceptors (Lipinski definition) is 10. The van der Waals surface area contributed by atoms with Gasteiger partial charge in [-0.05, 0) is 91.9 Å². The molecule has 0 saturated carbocycles. The maximum Gasteiger partial charge on any atom is 0.417 e. The van der Waals surface area contributed by atoms with Crippen molar-refractivity contribution in [3.8, 4) is 74.3 Å². The fourth-order valence-electron chi connectivity index (χ4n) is 12.6. The molecule has 0 spiro atoms. The standard InChI is InChI=1S/C21H17F2N3O3.C20H12F4N2O2.C18H8F4N2O2.C18H9F3N2O2/c1-26(2)10-7-8-12(22)11(9-10)18-16-17(21(28)24-18)19(25-20(16)27)15-13(23)5-4-6-14(15)29-3;1-9-6-7-13(21)11(8-9)17-15-14(18(27)26-17)16(25-19(15)28)10-4-2-3-5-12(10)20(22,23)24;19-8-3-1-2-7(4-8)15-13-14(18(26)23-15)16(24-17(13)25)12-10(21)5-9(20)6-11(12)22;19-10-3-1-2-8(4-10)15-13-14(18(25)22-15)16(23-17(13)24)9-5-11(20)7-12(21)6-9/h4-9,24,28H,1-3H3;2-8,26-27H,1H3;1-6,23,26H;1-7,23-24H. The van der Waals surface area contributed by atoms with E-state index in [2.05, 4.69) is 39.9 Å². The third-order valence-electron chi connectivity index (χ3n) is 17.2. The number of rotatable bonds is 10. The number of nitrogens with one attached hydrogen (secondary N) is 4. The molecule has 8 heterocycles. The van der Waals surface area contributed by atoms with Gasteiger partial charge in [-0.25, -0.2) is 63.9 Å². The Balaban J connectivity index is 0.000000127. The smallest absolute Gasteiger partial charge is 0.417 e. The highest BCUT2D eigenvalue weighted by molar-refractivity contribution is 6.33. The minimum atomic E-state index is -4.68. The summed E-state index contributed by atoms with van der Waals surface area (Å²) in [6.07, 6.45) is -4.68. The van der Waals surface area contributed by atoms with Crippen LogP contribution in [0.3, 0.4) is 0 Å². The zero-order chi connectivity index (χ0) is 77.4. The Morgan fingerprint density at radius 1 is 0.361 bits per heavy atom. The van der Waals surface area contributed by atoms with E-state index in [-0.39, 0.29) is 129 Å². The maximum absolute atomic E-state index is 14.6. The van der Waals surface area contributed by atoms with Crippen LogP contribution in [0.15, 0.2) is 178 Å². The second kappa shape index (κ2) is 28.0. The van der Waals surface area contributed by atoms with Gasteiger partial charge in [-0.3, -0.25) is 19.2 Å². The summed E-state index contributed by atoms with van der Waals surface area (Å²) in [5.74, 6) is -13.2. The first kappa shape index (κ1) is 72.5. The van der Waals surface area contributed by atoms with Crippen LogP contribution in [0.25, 0.3) is 45.0 Å². The minimum absolute atomic E-state index is 0.0123. The van der Waals surface area contributed by atoms with Crippen molar-refractivity contribution < 1.29 is 101 Å². The molecular formula is C77H46F13N9O9. The summed E-state index contributed by atoms with van der Waals surface area (Å²) >= 11 is 0. The lowest BCUT2D eigenvalue weighted by Crippen LogP contribution is -2.13. The molecule has 0 bridgehead atoms. The lowest BCUT2D eigenvalue weighted by Gasteiger charge is -2.14. The number of carbonyl (C=O) groups excluding carboxylic acids is 4. The summed E-state index contributed by atoms with van der Waals surface area (Å²) in [5.41, 5.74) is -1.21. The van der Waals surface area contributed by atoms with Gasteiger partial charge in [0, 0.05) is 71.4 Å². The third-order valence-corrected chi connectivity index (χ3v) is 17.2. The molecule has 544 valence electrons. The number of methoxy groups -OCH3 is 1. The average molecular weight is 1490 g/mol. The van der Waals surface area contributed by atoms with Crippen LogP contribution in [0.1, 0.15) is 97.1 Å². The summed E-state index contributed by atoms with van der Waals surface area (Å²) in [4.78, 5) is 76.9. The molecule has 0 atom stereocenters. The number of carbonyl (C=O) groups is 4. The topological polar surface area (TPSA) is 274 Å². The largest absolute Gasteiger partial charge is 0.496 e. The maximum atomic E-state index is 14.6. The summed E-state index contributed by atoms with van der Waals surface area (Å²) < 4.78 is 184. The average Bonchev–Trinajstić information content (AvgIpc) is 1.60. The molecule has 4 aliphatic heterocycles. The molecule has 0 saturated heterocycles. The number of H-pyrrole nitrogens is 4. The highest BCUT2D eigenvalue weighted by Crippen LogP contribution is 2.46. The molecule has 4 amide bonds. The fraction of sp³-hybridized carbons (Fsp3) is 0.0649. The Hall–Kier alpha value is -13.9. The van der Waals surface area contributed by atoms with Crippen molar-refractivity contribution in [2.75, 3.05) is 26.1 Å². The van der Waals surface area contributed by atoms with Gasteiger partial charge in [0.2, 0.25) is 0 Å². The van der Waals surface area contributed by atoms with E-state index in [0.29, 0.717) is 35.0 Å². The molecule has 108 heavy (non-hydrogen) atoms. The number of fused-ring (bicyclic) bond motifs is 4. The molecule has 18 nitrogen and oxygen atoms in total. The van der Waals surface area contributed by atoms with Crippen molar-refractivity contribution in [1.29, 1.82) is 0 Å². The number of hydrogen-bond donors (Lipinski definition) is 8. The van der Waals surface area contributed by atoms with Gasteiger partial charge in [0.05, 0.1) is 114 Å². The second-order valence-electron chi connectivity index (χ2n) is 24.3. The number of aromatic hydroxyl groups is 4. The Morgan fingerprint density at radius 3 is 1.32 bits per heavy atom. The molecule has 0 radical (unpaired) electrons. The third kappa shape index (κ3) is 13.2. The van der Waals surface area contributed by atoms with Gasteiger partial charge < -0.3 is 50.0 Å². The van der Waals surface area contributed by atoms with E-state index >= 15 is 0 Å². The molecule has 8 aromatic carbocycles. The van der Waals surface area contributed by atoms with Gasteiger partial charge >= 0.3 is 6.18 Å². The van der Waals surface area contributed by atoms with Gasteiger partial charge in [-0.1, -0.05) is 60.2 Å². The number of amides is 4. The van der Waals surface area contributed by atoms with Crippen molar-refractivity contribution in [2.45, 2.75) is 13.1 Å². The van der Waals surface area contributed by atoms with Crippen LogP contribution in [-0.4, -0.2) is 108 Å². The molecule has 0 unspecified atom stereocenters. The van der Waals surface area contributed by atoms with Crippen LogP contribution < -0.4 is 9.64 Å².